The Morgan fingerprint density at radius 3 is 2.54 bits per heavy atom. The maximum atomic E-state index is 13.1. The van der Waals surface area contributed by atoms with Crippen LogP contribution < -0.4 is 19.8 Å². The van der Waals surface area contributed by atoms with Crippen molar-refractivity contribution in [2.24, 2.45) is 5.10 Å². The summed E-state index contributed by atoms with van der Waals surface area (Å²) in [5.41, 5.74) is 3.63. The highest BCUT2D eigenvalue weighted by Gasteiger charge is 2.29. The zero-order valence-corrected chi connectivity index (χ0v) is 20.5. The smallest absolute Gasteiger partial charge is 0.335 e. The number of ether oxygens (including phenoxy) is 2. The van der Waals surface area contributed by atoms with E-state index in [4.69, 9.17) is 9.47 Å². The van der Waals surface area contributed by atoms with Crippen molar-refractivity contribution in [2.45, 2.75) is 13.8 Å². The molecule has 0 saturated carbocycles. The van der Waals surface area contributed by atoms with Crippen LogP contribution in [-0.2, 0) is 9.59 Å². The zero-order valence-electron chi connectivity index (χ0n) is 20.5. The quantitative estimate of drug-likeness (QED) is 0.440. The third-order valence-electron chi connectivity index (χ3n) is 5.56. The van der Waals surface area contributed by atoms with Crippen LogP contribution in [0.2, 0.25) is 0 Å². The molecule has 2 N–H and O–H groups in total. The van der Waals surface area contributed by atoms with E-state index in [1.165, 1.54) is 24.3 Å². The fraction of sp³-hybridized carbons (Fsp3) is 0.143. The Bertz CT molecular complexity index is 1440. The van der Waals surface area contributed by atoms with Gasteiger partial charge in [0.15, 0.2) is 18.1 Å². The average molecular weight is 500 g/mol. The SMILES string of the molecule is COc1cc(C=C2C(=O)N(c3cccc(C(=O)O)c3)N=C2C)ccc1OCC(=O)Nc1cccc(C)c1. The molecule has 0 spiro atoms. The molecule has 0 fully saturated rings. The van der Waals surface area contributed by atoms with Crippen molar-refractivity contribution in [3.63, 3.8) is 0 Å². The summed E-state index contributed by atoms with van der Waals surface area (Å²) in [4.78, 5) is 36.7. The molecular formula is C28H25N3O6. The summed E-state index contributed by atoms with van der Waals surface area (Å²) in [6, 6.07) is 18.6. The molecular weight excluding hydrogens is 474 g/mol. The molecule has 3 aromatic rings. The van der Waals surface area contributed by atoms with Gasteiger partial charge in [0.05, 0.1) is 29.6 Å². The second-order valence-corrected chi connectivity index (χ2v) is 8.33. The molecule has 0 unspecified atom stereocenters. The van der Waals surface area contributed by atoms with Gasteiger partial charge in [0.25, 0.3) is 11.8 Å². The predicted molar refractivity (Wildman–Crippen MR) is 140 cm³/mol. The number of rotatable bonds is 8. The van der Waals surface area contributed by atoms with Crippen LogP contribution in [0.5, 0.6) is 11.5 Å². The lowest BCUT2D eigenvalue weighted by molar-refractivity contribution is -0.118. The second kappa shape index (κ2) is 10.8. The van der Waals surface area contributed by atoms with Crippen LogP contribution in [0, 0.1) is 6.92 Å². The number of anilines is 2. The molecule has 37 heavy (non-hydrogen) atoms. The van der Waals surface area contributed by atoms with E-state index in [0.717, 1.165) is 5.56 Å². The summed E-state index contributed by atoms with van der Waals surface area (Å²) < 4.78 is 11.1. The van der Waals surface area contributed by atoms with Crippen molar-refractivity contribution in [3.05, 3.63) is 89.0 Å². The molecule has 188 valence electrons. The van der Waals surface area contributed by atoms with Gasteiger partial charge in [-0.3, -0.25) is 9.59 Å². The number of carboxylic acids is 1. The van der Waals surface area contributed by atoms with E-state index in [9.17, 15) is 19.5 Å². The molecule has 1 heterocycles. The van der Waals surface area contributed by atoms with Crippen molar-refractivity contribution in [3.8, 4) is 11.5 Å². The van der Waals surface area contributed by atoms with Gasteiger partial charge in [-0.2, -0.15) is 10.1 Å². The number of hydrazone groups is 1. The number of nitrogens with zero attached hydrogens (tertiary/aromatic N) is 2. The van der Waals surface area contributed by atoms with Gasteiger partial charge in [-0.1, -0.05) is 24.3 Å². The average Bonchev–Trinajstić information content (AvgIpc) is 3.16. The lowest BCUT2D eigenvalue weighted by atomic mass is 10.1. The normalized spacial score (nSPS) is 13.9. The molecule has 9 heteroatoms. The monoisotopic (exact) mass is 499 g/mol. The molecule has 0 radical (unpaired) electrons. The van der Waals surface area contributed by atoms with Crippen LogP contribution in [0.1, 0.15) is 28.4 Å². The fourth-order valence-electron chi connectivity index (χ4n) is 3.75. The Morgan fingerprint density at radius 2 is 1.81 bits per heavy atom. The molecule has 4 rings (SSSR count). The first-order valence-corrected chi connectivity index (χ1v) is 11.4. The van der Waals surface area contributed by atoms with Gasteiger partial charge in [-0.25, -0.2) is 4.79 Å². The number of amides is 2. The Labute approximate surface area is 213 Å². The summed E-state index contributed by atoms with van der Waals surface area (Å²) in [7, 11) is 1.48. The molecule has 0 aromatic heterocycles. The molecule has 3 aromatic carbocycles. The van der Waals surface area contributed by atoms with Crippen LogP contribution in [0.4, 0.5) is 11.4 Å². The minimum atomic E-state index is -1.09. The minimum absolute atomic E-state index is 0.0588. The molecule has 0 aliphatic carbocycles. The zero-order chi connectivity index (χ0) is 26.5. The summed E-state index contributed by atoms with van der Waals surface area (Å²) >= 11 is 0. The fourth-order valence-corrected chi connectivity index (χ4v) is 3.75. The molecule has 0 bridgehead atoms. The highest BCUT2D eigenvalue weighted by atomic mass is 16.5. The number of aryl methyl sites for hydroxylation is 1. The minimum Gasteiger partial charge on any atom is -0.493 e. The Kier molecular flexibility index (Phi) is 7.34. The van der Waals surface area contributed by atoms with Crippen molar-refractivity contribution >= 4 is 40.9 Å². The van der Waals surface area contributed by atoms with Gasteiger partial charge in [0.1, 0.15) is 0 Å². The Hall–Kier alpha value is -4.92. The number of methoxy groups -OCH3 is 1. The summed E-state index contributed by atoms with van der Waals surface area (Å²) in [5.74, 6) is -1.02. The number of carbonyl (C=O) groups excluding carboxylic acids is 2. The largest absolute Gasteiger partial charge is 0.493 e. The van der Waals surface area contributed by atoms with E-state index in [0.29, 0.717) is 39.7 Å². The van der Waals surface area contributed by atoms with Gasteiger partial charge >= 0.3 is 5.97 Å². The predicted octanol–water partition coefficient (Wildman–Crippen LogP) is 4.53. The lowest BCUT2D eigenvalue weighted by Gasteiger charge is -2.13. The van der Waals surface area contributed by atoms with Gasteiger partial charge < -0.3 is 19.9 Å². The molecule has 2 amide bonds. The van der Waals surface area contributed by atoms with E-state index >= 15 is 0 Å². The van der Waals surface area contributed by atoms with Crippen LogP contribution in [-0.4, -0.2) is 42.3 Å². The number of hydrogen-bond acceptors (Lipinski definition) is 6. The maximum Gasteiger partial charge on any atom is 0.335 e. The maximum absolute atomic E-state index is 13.1. The van der Waals surface area contributed by atoms with Crippen molar-refractivity contribution in [2.75, 3.05) is 24.0 Å². The molecule has 1 aliphatic rings. The van der Waals surface area contributed by atoms with Gasteiger partial charge in [-0.05, 0) is 73.5 Å². The molecule has 9 nitrogen and oxygen atoms in total. The van der Waals surface area contributed by atoms with E-state index < -0.39 is 5.97 Å². The first kappa shape index (κ1) is 25.2. The number of nitrogens with one attached hydrogen (secondary N) is 1. The number of benzene rings is 3. The van der Waals surface area contributed by atoms with Crippen molar-refractivity contribution in [1.29, 1.82) is 0 Å². The van der Waals surface area contributed by atoms with Crippen molar-refractivity contribution in [1.82, 2.24) is 0 Å². The highest BCUT2D eigenvalue weighted by Crippen LogP contribution is 2.31. The Balaban J connectivity index is 1.47. The standard InChI is InChI=1S/C28H25N3O6/c1-17-6-4-8-21(12-17)29-26(32)16-37-24-11-10-19(14-25(24)36-3)13-23-18(2)30-31(27(23)33)22-9-5-7-20(15-22)28(34)35/h4-15H,16H2,1-3H3,(H,29,32)(H,34,35). The first-order chi connectivity index (χ1) is 17.7. The third-order valence-corrected chi connectivity index (χ3v) is 5.56. The lowest BCUT2D eigenvalue weighted by Crippen LogP contribution is -2.21. The van der Waals surface area contributed by atoms with Crippen LogP contribution in [0.3, 0.4) is 0 Å². The van der Waals surface area contributed by atoms with E-state index in [2.05, 4.69) is 10.4 Å². The van der Waals surface area contributed by atoms with E-state index in [-0.39, 0.29) is 24.0 Å². The number of carbonyl (C=O) groups is 3. The third kappa shape index (κ3) is 5.84. The first-order valence-electron chi connectivity index (χ1n) is 11.4. The second-order valence-electron chi connectivity index (χ2n) is 8.33. The van der Waals surface area contributed by atoms with Gasteiger partial charge in [-0.15, -0.1) is 0 Å². The Morgan fingerprint density at radius 1 is 1.03 bits per heavy atom. The topological polar surface area (TPSA) is 118 Å². The van der Waals surface area contributed by atoms with Gasteiger partial charge in [0.2, 0.25) is 0 Å². The highest BCUT2D eigenvalue weighted by molar-refractivity contribution is 6.32. The van der Waals surface area contributed by atoms with E-state index in [1.807, 2.05) is 25.1 Å². The van der Waals surface area contributed by atoms with Crippen LogP contribution in [0.15, 0.2) is 77.4 Å². The summed E-state index contributed by atoms with van der Waals surface area (Å²) in [5, 5.41) is 17.5. The van der Waals surface area contributed by atoms with E-state index in [1.54, 1.807) is 49.4 Å². The van der Waals surface area contributed by atoms with Crippen LogP contribution >= 0.6 is 0 Å². The summed E-state index contributed by atoms with van der Waals surface area (Å²) in [6.45, 7) is 3.43. The summed E-state index contributed by atoms with van der Waals surface area (Å²) in [6.07, 6.45) is 1.67. The molecule has 1 aliphatic heterocycles. The number of hydrogen-bond donors (Lipinski definition) is 2. The van der Waals surface area contributed by atoms with Crippen LogP contribution in [0.25, 0.3) is 6.08 Å². The van der Waals surface area contributed by atoms with Gasteiger partial charge in [0, 0.05) is 5.69 Å². The van der Waals surface area contributed by atoms with Crippen molar-refractivity contribution < 1.29 is 29.0 Å². The molecule has 0 atom stereocenters. The number of aromatic carboxylic acids is 1. The number of carboxylic acid groups (broad SMARTS) is 1. The molecule has 0 saturated heterocycles.